The molecule has 0 unspecified atom stereocenters. The van der Waals surface area contributed by atoms with Crippen LogP contribution in [0.1, 0.15) is 15.9 Å². The number of benzene rings is 2. The second-order valence-electron chi connectivity index (χ2n) is 4.94. The lowest BCUT2D eigenvalue weighted by Gasteiger charge is -2.16. The number of hydrogen-bond donors (Lipinski definition) is 0. The van der Waals surface area contributed by atoms with Crippen LogP contribution in [0.5, 0.6) is 0 Å². The van der Waals surface area contributed by atoms with Gasteiger partial charge in [0.2, 0.25) is 5.78 Å². The van der Waals surface area contributed by atoms with E-state index < -0.39 is 18.3 Å². The summed E-state index contributed by atoms with van der Waals surface area (Å²) in [7, 11) is -1.46. The summed E-state index contributed by atoms with van der Waals surface area (Å²) in [6, 6.07) is 13.8. The van der Waals surface area contributed by atoms with Crippen molar-refractivity contribution in [2.24, 2.45) is 0 Å². The lowest BCUT2D eigenvalue weighted by molar-refractivity contribution is -0.384. The van der Waals surface area contributed by atoms with E-state index in [-0.39, 0.29) is 11.0 Å². The maximum absolute atomic E-state index is 12.8. The standard InChI is InChI=1S/C17H16NO6P/c1-23-25(22,24-2)16(17(19)14-6-4-3-5-7-14)12-13-8-10-15(11-9-13)18(20)21/h3-12H,1-2H3/b16-12+. The molecule has 0 radical (unpaired) electrons. The molecule has 7 nitrogen and oxygen atoms in total. The van der Waals surface area contributed by atoms with Crippen molar-refractivity contribution < 1.29 is 23.3 Å². The van der Waals surface area contributed by atoms with Crippen molar-refractivity contribution in [1.82, 2.24) is 0 Å². The Morgan fingerprint density at radius 3 is 2.08 bits per heavy atom. The molecule has 0 amide bonds. The molecule has 0 saturated heterocycles. The summed E-state index contributed by atoms with van der Waals surface area (Å²) in [5.41, 5.74) is 0.693. The molecule has 8 heteroatoms. The molecular formula is C17H16NO6P. The number of Topliss-reactive ketones (excluding diaryl/α,β-unsaturated/α-hetero) is 1. The monoisotopic (exact) mass is 361 g/mol. The van der Waals surface area contributed by atoms with Crippen LogP contribution in [0.4, 0.5) is 5.69 Å². The van der Waals surface area contributed by atoms with Gasteiger partial charge in [-0.25, -0.2) is 0 Å². The second kappa shape index (κ2) is 7.98. The van der Waals surface area contributed by atoms with Crippen LogP contribution in [-0.2, 0) is 13.6 Å². The molecule has 0 aliphatic heterocycles. The molecule has 2 aromatic rings. The predicted octanol–water partition coefficient (Wildman–Crippen LogP) is 4.30. The smallest absolute Gasteiger partial charge is 0.308 e. The third-order valence-electron chi connectivity index (χ3n) is 3.45. The summed E-state index contributed by atoms with van der Waals surface area (Å²) in [5, 5.41) is 10.6. The molecule has 0 bridgehead atoms. The summed E-state index contributed by atoms with van der Waals surface area (Å²) in [4.78, 5) is 23.0. The van der Waals surface area contributed by atoms with Gasteiger partial charge in [-0.2, -0.15) is 0 Å². The highest BCUT2D eigenvalue weighted by Crippen LogP contribution is 2.56. The minimum atomic E-state index is -3.83. The van der Waals surface area contributed by atoms with Gasteiger partial charge in [-0.1, -0.05) is 30.3 Å². The van der Waals surface area contributed by atoms with Crippen molar-refractivity contribution in [3.8, 4) is 0 Å². The van der Waals surface area contributed by atoms with E-state index in [9.17, 15) is 19.5 Å². The number of allylic oxidation sites excluding steroid dienone is 1. The van der Waals surface area contributed by atoms with Crippen molar-refractivity contribution in [3.63, 3.8) is 0 Å². The van der Waals surface area contributed by atoms with Crippen LogP contribution in [0.25, 0.3) is 6.08 Å². The van der Waals surface area contributed by atoms with Crippen molar-refractivity contribution in [1.29, 1.82) is 0 Å². The molecular weight excluding hydrogens is 345 g/mol. The zero-order chi connectivity index (χ0) is 18.4. The van der Waals surface area contributed by atoms with Crippen LogP contribution in [0.15, 0.2) is 59.9 Å². The Morgan fingerprint density at radius 1 is 1.04 bits per heavy atom. The lowest BCUT2D eigenvalue weighted by Crippen LogP contribution is -2.06. The van der Waals surface area contributed by atoms with Gasteiger partial charge in [0.05, 0.1) is 4.92 Å². The number of carbonyl (C=O) groups is 1. The highest BCUT2D eigenvalue weighted by Gasteiger charge is 2.33. The Kier molecular flexibility index (Phi) is 5.98. The highest BCUT2D eigenvalue weighted by atomic mass is 31.2. The summed E-state index contributed by atoms with van der Waals surface area (Å²) in [6.45, 7) is 0. The number of non-ortho nitro benzene ring substituents is 1. The molecule has 2 rings (SSSR count). The maximum atomic E-state index is 12.8. The first kappa shape index (κ1) is 18.7. The number of nitro benzene ring substituents is 1. The Balaban J connectivity index is 2.53. The van der Waals surface area contributed by atoms with Crippen LogP contribution in [0.3, 0.4) is 0 Å². The van der Waals surface area contributed by atoms with E-state index in [1.165, 1.54) is 44.6 Å². The molecule has 0 atom stereocenters. The number of nitro groups is 1. The van der Waals surface area contributed by atoms with Crippen LogP contribution in [0.2, 0.25) is 0 Å². The van der Waals surface area contributed by atoms with Crippen molar-refractivity contribution in [2.75, 3.05) is 14.2 Å². The summed E-state index contributed by atoms with van der Waals surface area (Å²) in [5.74, 6) is -0.508. The van der Waals surface area contributed by atoms with Gasteiger partial charge in [0.1, 0.15) is 5.31 Å². The van der Waals surface area contributed by atoms with E-state index in [1.54, 1.807) is 30.3 Å². The van der Waals surface area contributed by atoms with Crippen molar-refractivity contribution in [3.05, 3.63) is 81.2 Å². The van der Waals surface area contributed by atoms with Gasteiger partial charge >= 0.3 is 7.60 Å². The fourth-order valence-electron chi connectivity index (χ4n) is 2.13. The second-order valence-corrected chi connectivity index (χ2v) is 7.14. The molecule has 2 aromatic carbocycles. The zero-order valence-corrected chi connectivity index (χ0v) is 14.5. The fraction of sp³-hybridized carbons (Fsp3) is 0.118. The topological polar surface area (TPSA) is 95.7 Å². The van der Waals surface area contributed by atoms with Gasteiger partial charge in [0.15, 0.2) is 0 Å². The minimum absolute atomic E-state index is 0.0882. The Bertz CT molecular complexity index is 837. The van der Waals surface area contributed by atoms with Gasteiger partial charge in [-0.3, -0.25) is 19.5 Å². The third-order valence-corrected chi connectivity index (χ3v) is 5.34. The molecule has 0 fully saturated rings. The highest BCUT2D eigenvalue weighted by molar-refractivity contribution is 7.60. The first-order valence-corrected chi connectivity index (χ1v) is 8.73. The van der Waals surface area contributed by atoms with E-state index >= 15 is 0 Å². The normalized spacial score (nSPS) is 12.0. The lowest BCUT2D eigenvalue weighted by atomic mass is 10.1. The summed E-state index contributed by atoms with van der Waals surface area (Å²) < 4.78 is 22.7. The number of hydrogen-bond acceptors (Lipinski definition) is 6. The Hall–Kier alpha value is -2.60. The van der Waals surface area contributed by atoms with Gasteiger partial charge in [-0.05, 0) is 23.8 Å². The average Bonchev–Trinajstić information content (AvgIpc) is 2.66. The third kappa shape index (κ3) is 4.28. The molecule has 0 aliphatic rings. The van der Waals surface area contributed by atoms with Crippen LogP contribution < -0.4 is 0 Å². The van der Waals surface area contributed by atoms with Gasteiger partial charge in [0, 0.05) is 31.9 Å². The van der Waals surface area contributed by atoms with Crippen molar-refractivity contribution in [2.45, 2.75) is 0 Å². The molecule has 25 heavy (non-hydrogen) atoms. The fourth-order valence-corrected chi connectivity index (χ4v) is 3.36. The van der Waals surface area contributed by atoms with Gasteiger partial charge < -0.3 is 9.05 Å². The van der Waals surface area contributed by atoms with E-state index in [2.05, 4.69) is 0 Å². The SMILES string of the molecule is COP(=O)(OC)/C(=C/c1ccc([N+](=O)[O-])cc1)C(=O)c1ccccc1. The molecule has 0 aromatic heterocycles. The van der Waals surface area contributed by atoms with Crippen LogP contribution in [-0.4, -0.2) is 24.9 Å². The maximum Gasteiger partial charge on any atom is 0.364 e. The Morgan fingerprint density at radius 2 is 1.60 bits per heavy atom. The summed E-state index contributed by atoms with van der Waals surface area (Å²) in [6.07, 6.45) is 1.35. The Labute approximate surface area is 144 Å². The molecule has 0 N–H and O–H groups in total. The van der Waals surface area contributed by atoms with Crippen molar-refractivity contribution >= 4 is 25.1 Å². The average molecular weight is 361 g/mol. The predicted molar refractivity (Wildman–Crippen MR) is 93.5 cm³/mol. The minimum Gasteiger partial charge on any atom is -0.308 e. The van der Waals surface area contributed by atoms with E-state index in [1.807, 2.05) is 0 Å². The van der Waals surface area contributed by atoms with Gasteiger partial charge in [-0.15, -0.1) is 0 Å². The first-order valence-electron chi connectivity index (χ1n) is 7.19. The first-order chi connectivity index (χ1) is 11.9. The summed E-state index contributed by atoms with van der Waals surface area (Å²) >= 11 is 0. The quantitative estimate of drug-likeness (QED) is 0.240. The molecule has 0 aliphatic carbocycles. The molecule has 0 spiro atoms. The van der Waals surface area contributed by atoms with Crippen LogP contribution >= 0.6 is 7.60 Å². The van der Waals surface area contributed by atoms with Crippen LogP contribution in [0, 0.1) is 10.1 Å². The number of ketones is 1. The van der Waals surface area contributed by atoms with E-state index in [4.69, 9.17) is 9.05 Å². The number of nitrogens with zero attached hydrogens (tertiary/aromatic N) is 1. The largest absolute Gasteiger partial charge is 0.364 e. The van der Waals surface area contributed by atoms with E-state index in [0.29, 0.717) is 11.1 Å². The van der Waals surface area contributed by atoms with Gasteiger partial charge in [0.25, 0.3) is 5.69 Å². The molecule has 130 valence electrons. The molecule has 0 heterocycles. The molecule has 0 saturated carbocycles. The zero-order valence-electron chi connectivity index (χ0n) is 13.6. The van der Waals surface area contributed by atoms with E-state index in [0.717, 1.165) is 0 Å². The number of rotatable bonds is 7. The number of carbonyl (C=O) groups excluding carboxylic acids is 1.